The van der Waals surface area contributed by atoms with Crippen molar-refractivity contribution in [3.63, 3.8) is 0 Å². The van der Waals surface area contributed by atoms with Gasteiger partial charge in [0.05, 0.1) is 0 Å². The fourth-order valence-electron chi connectivity index (χ4n) is 8.14. The van der Waals surface area contributed by atoms with Gasteiger partial charge in [-0.2, -0.15) is 0 Å². The van der Waals surface area contributed by atoms with Crippen LogP contribution >= 0.6 is 0 Å². The first-order valence-corrected chi connectivity index (χ1v) is 28.8. The number of rotatable bonds is 52. The molecule has 388 valence electrons. The molecule has 1 unspecified atom stereocenters. The lowest BCUT2D eigenvalue weighted by atomic mass is 10.1. The van der Waals surface area contributed by atoms with Gasteiger partial charge in [-0.3, -0.25) is 14.4 Å². The summed E-state index contributed by atoms with van der Waals surface area (Å²) >= 11 is 0. The van der Waals surface area contributed by atoms with E-state index in [-0.39, 0.29) is 31.1 Å². The molecule has 6 heteroatoms. The summed E-state index contributed by atoms with van der Waals surface area (Å²) in [6, 6.07) is 0. The maximum absolute atomic E-state index is 12.8. The van der Waals surface area contributed by atoms with E-state index in [4.69, 9.17) is 14.2 Å². The highest BCUT2D eigenvalue weighted by Crippen LogP contribution is 2.15. The minimum atomic E-state index is -0.793. The molecule has 0 heterocycles. The van der Waals surface area contributed by atoms with Crippen molar-refractivity contribution in [1.29, 1.82) is 0 Å². The molecule has 0 aromatic rings. The zero-order chi connectivity index (χ0) is 48.6. The van der Waals surface area contributed by atoms with Gasteiger partial charge in [0.1, 0.15) is 13.2 Å². The molecule has 0 aliphatic heterocycles. The third-order valence-corrected chi connectivity index (χ3v) is 12.5. The first-order valence-electron chi connectivity index (χ1n) is 28.8. The fourth-order valence-corrected chi connectivity index (χ4v) is 8.14. The van der Waals surface area contributed by atoms with Crippen molar-refractivity contribution < 1.29 is 28.6 Å². The Bertz CT molecular complexity index is 1210. The summed E-state index contributed by atoms with van der Waals surface area (Å²) in [6.45, 7) is 6.60. The van der Waals surface area contributed by atoms with E-state index in [1.54, 1.807) is 0 Å². The van der Waals surface area contributed by atoms with Crippen molar-refractivity contribution in [2.24, 2.45) is 0 Å². The molecule has 0 amide bonds. The van der Waals surface area contributed by atoms with Crippen LogP contribution in [0.2, 0.25) is 0 Å². The van der Waals surface area contributed by atoms with Gasteiger partial charge in [0.15, 0.2) is 6.10 Å². The Balaban J connectivity index is 4.43. The van der Waals surface area contributed by atoms with Crippen molar-refractivity contribution in [2.75, 3.05) is 13.2 Å². The maximum atomic E-state index is 12.8. The SMILES string of the molecule is CCCCCCC\C=C/C=C\C=C/CCCCCCCC(=O)OCC(COC(=O)CCCCC/C=C\CCCCCCCC)OC(=O)CCCCCCC/C=C\CCCCCCCCCCC. The van der Waals surface area contributed by atoms with E-state index >= 15 is 0 Å². The van der Waals surface area contributed by atoms with E-state index in [9.17, 15) is 14.4 Å². The number of hydrogen-bond donors (Lipinski definition) is 0. The average Bonchev–Trinajstić information content (AvgIpc) is 3.33. The molecule has 0 aromatic carbocycles. The van der Waals surface area contributed by atoms with E-state index in [1.165, 1.54) is 148 Å². The molecule has 0 aliphatic rings. The normalized spacial score (nSPS) is 12.5. The number of esters is 3. The molecule has 6 nitrogen and oxygen atoms in total. The summed E-state index contributed by atoms with van der Waals surface area (Å²) in [5, 5.41) is 0. The quantitative estimate of drug-likeness (QED) is 0.0199. The summed E-state index contributed by atoms with van der Waals surface area (Å²) in [6.07, 6.45) is 69.2. The summed E-state index contributed by atoms with van der Waals surface area (Å²) in [5.74, 6) is -0.925. The molecule has 0 rings (SSSR count). The van der Waals surface area contributed by atoms with Crippen molar-refractivity contribution in [3.05, 3.63) is 60.8 Å². The number of hydrogen-bond acceptors (Lipinski definition) is 6. The molecule has 67 heavy (non-hydrogen) atoms. The summed E-state index contributed by atoms with van der Waals surface area (Å²) in [4.78, 5) is 38.1. The van der Waals surface area contributed by atoms with Crippen LogP contribution in [0.5, 0.6) is 0 Å². The standard InChI is InChI=1S/C61H108O6/c1-4-7-10-13-16-19-22-25-27-29-31-33-36-39-42-45-48-51-54-60(63)66-57-58(56-65-59(62)53-50-47-44-41-38-35-24-21-18-15-12-9-6-3)67-61(64)55-52-49-46-43-40-37-34-32-30-28-26-23-20-17-14-11-8-5-2/h22,25,27,29,31-35,38,58H,4-21,23-24,26,28,30,36-37,39-57H2,1-3H3/b25-22-,29-27-,33-31-,34-32-,38-35-. The molecule has 0 aromatic heterocycles. The number of unbranched alkanes of at least 4 members (excludes halogenated alkanes) is 33. The van der Waals surface area contributed by atoms with Crippen LogP contribution in [0.4, 0.5) is 0 Å². The van der Waals surface area contributed by atoms with Crippen LogP contribution in [0.15, 0.2) is 60.8 Å². The van der Waals surface area contributed by atoms with Crippen molar-refractivity contribution in [2.45, 2.75) is 297 Å². The number of allylic oxidation sites excluding steroid dienone is 10. The minimum Gasteiger partial charge on any atom is -0.462 e. The predicted octanol–water partition coefficient (Wildman–Crippen LogP) is 19.2. The monoisotopic (exact) mass is 937 g/mol. The first kappa shape index (κ1) is 64.1. The Kier molecular flexibility index (Phi) is 53.3. The van der Waals surface area contributed by atoms with Crippen molar-refractivity contribution >= 4 is 17.9 Å². The second kappa shape index (κ2) is 55.7. The second-order valence-electron chi connectivity index (χ2n) is 19.3. The van der Waals surface area contributed by atoms with Gasteiger partial charge < -0.3 is 14.2 Å². The van der Waals surface area contributed by atoms with Gasteiger partial charge in [0.2, 0.25) is 0 Å². The molecule has 0 aliphatic carbocycles. The molecular formula is C61H108O6. The molecule has 0 bridgehead atoms. The molecule has 0 spiro atoms. The van der Waals surface area contributed by atoms with Crippen LogP contribution in [0.1, 0.15) is 290 Å². The Morgan fingerprint density at radius 3 is 0.881 bits per heavy atom. The molecule has 0 saturated heterocycles. The lowest BCUT2D eigenvalue weighted by molar-refractivity contribution is -0.167. The van der Waals surface area contributed by atoms with Crippen LogP contribution in [-0.2, 0) is 28.6 Å². The summed E-state index contributed by atoms with van der Waals surface area (Å²) < 4.78 is 16.8. The lowest BCUT2D eigenvalue weighted by Gasteiger charge is -2.18. The van der Waals surface area contributed by atoms with Crippen LogP contribution in [0, 0.1) is 0 Å². The van der Waals surface area contributed by atoms with Crippen LogP contribution in [-0.4, -0.2) is 37.2 Å². The fraction of sp³-hybridized carbons (Fsp3) is 0.787. The highest BCUT2D eigenvalue weighted by Gasteiger charge is 2.19. The first-order chi connectivity index (χ1) is 33.0. The number of carbonyl (C=O) groups excluding carboxylic acids is 3. The Hall–Kier alpha value is -2.89. The maximum Gasteiger partial charge on any atom is 0.306 e. The highest BCUT2D eigenvalue weighted by atomic mass is 16.6. The smallest absolute Gasteiger partial charge is 0.306 e. The van der Waals surface area contributed by atoms with Crippen LogP contribution < -0.4 is 0 Å². The third-order valence-electron chi connectivity index (χ3n) is 12.5. The second-order valence-corrected chi connectivity index (χ2v) is 19.3. The largest absolute Gasteiger partial charge is 0.462 e. The average molecular weight is 938 g/mol. The molecule has 0 N–H and O–H groups in total. The van der Waals surface area contributed by atoms with Crippen molar-refractivity contribution in [3.8, 4) is 0 Å². The molecule has 1 atom stereocenters. The van der Waals surface area contributed by atoms with Gasteiger partial charge in [-0.05, 0) is 96.3 Å². The minimum absolute atomic E-state index is 0.0915. The third kappa shape index (κ3) is 53.9. The van der Waals surface area contributed by atoms with E-state index < -0.39 is 6.10 Å². The summed E-state index contributed by atoms with van der Waals surface area (Å²) in [7, 11) is 0. The van der Waals surface area contributed by atoms with E-state index in [0.29, 0.717) is 19.3 Å². The van der Waals surface area contributed by atoms with Gasteiger partial charge in [0.25, 0.3) is 0 Å². The predicted molar refractivity (Wildman–Crippen MR) is 288 cm³/mol. The van der Waals surface area contributed by atoms with Gasteiger partial charge in [0, 0.05) is 19.3 Å². The molecular weight excluding hydrogens is 829 g/mol. The van der Waals surface area contributed by atoms with Crippen LogP contribution in [0.3, 0.4) is 0 Å². The molecule has 0 fully saturated rings. The lowest BCUT2D eigenvalue weighted by Crippen LogP contribution is -2.30. The molecule has 0 radical (unpaired) electrons. The zero-order valence-corrected chi connectivity index (χ0v) is 44.4. The molecule has 0 saturated carbocycles. The van der Waals surface area contributed by atoms with Gasteiger partial charge in [-0.15, -0.1) is 0 Å². The summed E-state index contributed by atoms with van der Waals surface area (Å²) in [5.41, 5.74) is 0. The van der Waals surface area contributed by atoms with Gasteiger partial charge >= 0.3 is 17.9 Å². The van der Waals surface area contributed by atoms with E-state index in [2.05, 4.69) is 81.5 Å². The number of carbonyl (C=O) groups is 3. The zero-order valence-electron chi connectivity index (χ0n) is 44.4. The highest BCUT2D eigenvalue weighted by molar-refractivity contribution is 5.71. The van der Waals surface area contributed by atoms with Gasteiger partial charge in [-0.1, -0.05) is 236 Å². The van der Waals surface area contributed by atoms with Crippen molar-refractivity contribution in [1.82, 2.24) is 0 Å². The van der Waals surface area contributed by atoms with E-state index in [0.717, 1.165) is 103 Å². The Labute approximate surface area is 415 Å². The Morgan fingerprint density at radius 1 is 0.299 bits per heavy atom. The van der Waals surface area contributed by atoms with Crippen LogP contribution in [0.25, 0.3) is 0 Å². The topological polar surface area (TPSA) is 78.9 Å². The number of ether oxygens (including phenoxy) is 3. The van der Waals surface area contributed by atoms with Gasteiger partial charge in [-0.25, -0.2) is 0 Å². The van der Waals surface area contributed by atoms with E-state index in [1.807, 2.05) is 0 Å². The Morgan fingerprint density at radius 2 is 0.552 bits per heavy atom.